The third-order valence-corrected chi connectivity index (χ3v) is 8.06. The second-order valence-corrected chi connectivity index (χ2v) is 11.9. The van der Waals surface area contributed by atoms with Crippen molar-refractivity contribution in [3.63, 3.8) is 0 Å². The van der Waals surface area contributed by atoms with Gasteiger partial charge in [-0.3, -0.25) is 0 Å². The Kier molecular flexibility index (Phi) is 12.1. The lowest BCUT2D eigenvalue weighted by Gasteiger charge is -2.37. The molecule has 10 heteroatoms. The number of aromatic nitrogens is 2. The van der Waals surface area contributed by atoms with Crippen LogP contribution in [0, 0.1) is 5.92 Å². The number of anilines is 3. The first-order chi connectivity index (χ1) is 19.5. The minimum atomic E-state index is 0.472. The second kappa shape index (κ2) is 15.9. The number of nitrogens with two attached hydrogens (primary N) is 1. The molecule has 2 fully saturated rings. The Labute approximate surface area is 246 Å². The van der Waals surface area contributed by atoms with E-state index in [1.165, 1.54) is 49.7 Å². The predicted octanol–water partition coefficient (Wildman–Crippen LogP) is 3.73. The first-order valence-electron chi connectivity index (χ1n) is 15.1. The minimum Gasteiger partial charge on any atom is -0.383 e. The number of hydrogen-bond donors (Lipinski definition) is 5. The van der Waals surface area contributed by atoms with Gasteiger partial charge in [-0.1, -0.05) is 57.4 Å². The molecule has 1 saturated carbocycles. The average Bonchev–Trinajstić information content (AvgIpc) is 2.97. The highest BCUT2D eigenvalue weighted by Crippen LogP contribution is 2.19. The van der Waals surface area contributed by atoms with Gasteiger partial charge in [0.2, 0.25) is 5.95 Å². The molecule has 1 aromatic carbocycles. The summed E-state index contributed by atoms with van der Waals surface area (Å²) in [4.78, 5) is 13.6. The van der Waals surface area contributed by atoms with Crippen molar-refractivity contribution in [3.05, 3.63) is 41.5 Å². The first kappa shape index (κ1) is 30.3. The standard InChI is InChI=1S/C30H49N9S/c1-23(2)20-35-30(40)39-17-15-38(16-18-39)28-19-27(31)36-29(37-28)34-22-25-11-9-24(10-12-25)21-32-13-6-14-33-26-7-4-3-5-8-26/h9-12,19,23,26,32-33H,3-8,13-18,20-22H2,1-2H3,(H,35,40)(H3,31,34,36,37). The summed E-state index contributed by atoms with van der Waals surface area (Å²) in [7, 11) is 0. The van der Waals surface area contributed by atoms with Gasteiger partial charge in [-0.25, -0.2) is 0 Å². The van der Waals surface area contributed by atoms with Crippen LogP contribution in [0.5, 0.6) is 0 Å². The normalized spacial score (nSPS) is 16.4. The lowest BCUT2D eigenvalue weighted by atomic mass is 9.95. The van der Waals surface area contributed by atoms with Gasteiger partial charge in [-0.15, -0.1) is 0 Å². The van der Waals surface area contributed by atoms with Gasteiger partial charge in [0.1, 0.15) is 11.6 Å². The van der Waals surface area contributed by atoms with Crippen LogP contribution < -0.4 is 31.9 Å². The van der Waals surface area contributed by atoms with Crippen LogP contribution in [0.2, 0.25) is 0 Å². The zero-order chi connectivity index (χ0) is 28.2. The number of nitrogen functional groups attached to an aromatic ring is 1. The molecular weight excluding hydrogens is 518 g/mol. The van der Waals surface area contributed by atoms with E-state index in [4.69, 9.17) is 22.9 Å². The summed E-state index contributed by atoms with van der Waals surface area (Å²) in [6.07, 6.45) is 8.06. The van der Waals surface area contributed by atoms with E-state index in [2.05, 4.69) is 74.2 Å². The van der Waals surface area contributed by atoms with Gasteiger partial charge in [0.15, 0.2) is 5.11 Å². The average molecular weight is 568 g/mol. The van der Waals surface area contributed by atoms with Crippen molar-refractivity contribution >= 4 is 34.9 Å². The van der Waals surface area contributed by atoms with E-state index < -0.39 is 0 Å². The van der Waals surface area contributed by atoms with Crippen molar-refractivity contribution in [2.24, 2.45) is 5.92 Å². The van der Waals surface area contributed by atoms with Gasteiger partial charge < -0.3 is 36.8 Å². The summed E-state index contributed by atoms with van der Waals surface area (Å²) in [5, 5.41) is 14.8. The fourth-order valence-corrected chi connectivity index (χ4v) is 5.52. The van der Waals surface area contributed by atoms with Crippen molar-refractivity contribution in [1.29, 1.82) is 0 Å². The largest absolute Gasteiger partial charge is 0.383 e. The molecule has 6 N–H and O–H groups in total. The maximum Gasteiger partial charge on any atom is 0.226 e. The second-order valence-electron chi connectivity index (χ2n) is 11.5. The van der Waals surface area contributed by atoms with E-state index in [0.29, 0.717) is 24.2 Å². The summed E-state index contributed by atoms with van der Waals surface area (Å²) in [5.74, 6) is 2.45. The van der Waals surface area contributed by atoms with Crippen LogP contribution in [0.4, 0.5) is 17.6 Å². The van der Waals surface area contributed by atoms with E-state index in [1.54, 1.807) is 0 Å². The number of piperazine rings is 1. The molecule has 2 aromatic rings. The Balaban J connectivity index is 1.16. The molecule has 1 aliphatic heterocycles. The maximum absolute atomic E-state index is 6.14. The molecule has 9 nitrogen and oxygen atoms in total. The molecule has 0 radical (unpaired) electrons. The zero-order valence-corrected chi connectivity index (χ0v) is 25.2. The Morgan fingerprint density at radius 3 is 2.38 bits per heavy atom. The topological polar surface area (TPSA) is 106 Å². The number of benzene rings is 1. The lowest BCUT2D eigenvalue weighted by Crippen LogP contribution is -2.52. The number of nitrogens with one attached hydrogen (secondary N) is 4. The number of thiocarbonyl (C=S) groups is 1. The minimum absolute atomic E-state index is 0.472. The first-order valence-corrected chi connectivity index (χ1v) is 15.5. The molecule has 1 aromatic heterocycles. The fourth-order valence-electron chi connectivity index (χ4n) is 5.25. The van der Waals surface area contributed by atoms with E-state index in [-0.39, 0.29) is 0 Å². The van der Waals surface area contributed by atoms with Crippen molar-refractivity contribution < 1.29 is 0 Å². The van der Waals surface area contributed by atoms with Crippen molar-refractivity contribution in [2.45, 2.75) is 71.5 Å². The molecule has 0 spiro atoms. The summed E-state index contributed by atoms with van der Waals surface area (Å²) in [6.45, 7) is 12.3. The van der Waals surface area contributed by atoms with Gasteiger partial charge in [0.25, 0.3) is 0 Å². The van der Waals surface area contributed by atoms with Gasteiger partial charge in [0, 0.05) is 57.9 Å². The highest BCUT2D eigenvalue weighted by molar-refractivity contribution is 7.80. The molecule has 4 rings (SSSR count). The molecule has 1 saturated heterocycles. The molecule has 40 heavy (non-hydrogen) atoms. The smallest absolute Gasteiger partial charge is 0.226 e. The van der Waals surface area contributed by atoms with Crippen LogP contribution >= 0.6 is 12.2 Å². The molecule has 0 atom stereocenters. The molecule has 2 aliphatic rings. The van der Waals surface area contributed by atoms with Crippen molar-refractivity contribution in [1.82, 2.24) is 30.8 Å². The van der Waals surface area contributed by atoms with Gasteiger partial charge in [0.05, 0.1) is 0 Å². The molecule has 2 heterocycles. The molecule has 0 bridgehead atoms. The molecule has 1 aliphatic carbocycles. The van der Waals surface area contributed by atoms with Gasteiger partial charge in [-0.2, -0.15) is 9.97 Å². The highest BCUT2D eigenvalue weighted by atomic mass is 32.1. The third-order valence-electron chi connectivity index (χ3n) is 7.66. The van der Waals surface area contributed by atoms with E-state index >= 15 is 0 Å². The van der Waals surface area contributed by atoms with E-state index in [9.17, 15) is 0 Å². The van der Waals surface area contributed by atoms with Crippen molar-refractivity contribution in [2.75, 3.05) is 61.8 Å². The van der Waals surface area contributed by atoms with Crippen LogP contribution in [0.25, 0.3) is 0 Å². The lowest BCUT2D eigenvalue weighted by molar-refractivity contribution is 0.371. The monoisotopic (exact) mass is 567 g/mol. The SMILES string of the molecule is CC(C)CNC(=S)N1CCN(c2cc(N)nc(NCc3ccc(CNCCCNC4CCCCC4)cc3)n2)CC1. The highest BCUT2D eigenvalue weighted by Gasteiger charge is 2.21. The summed E-state index contributed by atoms with van der Waals surface area (Å²) >= 11 is 5.57. The van der Waals surface area contributed by atoms with Crippen LogP contribution in [0.15, 0.2) is 30.3 Å². The summed E-state index contributed by atoms with van der Waals surface area (Å²) in [6, 6.07) is 11.3. The molecule has 220 valence electrons. The van der Waals surface area contributed by atoms with Crippen LogP contribution in [-0.2, 0) is 13.1 Å². The summed E-state index contributed by atoms with van der Waals surface area (Å²) in [5.41, 5.74) is 8.62. The quantitative estimate of drug-likeness (QED) is 0.182. The molecule has 0 unspecified atom stereocenters. The zero-order valence-electron chi connectivity index (χ0n) is 24.4. The number of rotatable bonds is 13. The Bertz CT molecular complexity index is 1030. The maximum atomic E-state index is 6.14. The van der Waals surface area contributed by atoms with Crippen molar-refractivity contribution in [3.8, 4) is 0 Å². The van der Waals surface area contributed by atoms with Crippen LogP contribution in [-0.4, -0.2) is 71.8 Å². The Morgan fingerprint density at radius 2 is 1.68 bits per heavy atom. The van der Waals surface area contributed by atoms with Crippen LogP contribution in [0.1, 0.15) is 63.5 Å². The van der Waals surface area contributed by atoms with E-state index in [1.807, 2.05) is 6.07 Å². The molecular formula is C30H49N9S. The van der Waals surface area contributed by atoms with Gasteiger partial charge >= 0.3 is 0 Å². The Hall–Kier alpha value is -2.69. The number of nitrogens with zero attached hydrogens (tertiary/aromatic N) is 4. The van der Waals surface area contributed by atoms with Gasteiger partial charge in [-0.05, 0) is 61.6 Å². The van der Waals surface area contributed by atoms with E-state index in [0.717, 1.165) is 69.3 Å². The molecule has 0 amide bonds. The Morgan fingerprint density at radius 1 is 0.975 bits per heavy atom. The number of hydrogen-bond acceptors (Lipinski definition) is 8. The third kappa shape index (κ3) is 10.1. The predicted molar refractivity (Wildman–Crippen MR) is 171 cm³/mol. The van der Waals surface area contributed by atoms with Crippen LogP contribution in [0.3, 0.4) is 0 Å². The fraction of sp³-hybridized carbons (Fsp3) is 0.633. The summed E-state index contributed by atoms with van der Waals surface area (Å²) < 4.78 is 0.